The zero-order valence-electron chi connectivity index (χ0n) is 16.8. The molecule has 28 heavy (non-hydrogen) atoms. The average molecular weight is 377 g/mol. The van der Waals surface area contributed by atoms with E-state index in [0.29, 0.717) is 13.2 Å². The van der Waals surface area contributed by atoms with Gasteiger partial charge in [-0.25, -0.2) is 9.97 Å². The molecule has 1 aromatic heterocycles. The quantitative estimate of drug-likeness (QED) is 0.580. The van der Waals surface area contributed by atoms with Crippen LogP contribution in [-0.4, -0.2) is 29.7 Å². The highest BCUT2D eigenvalue weighted by Gasteiger charge is 2.12. The standard InChI is InChI=1S/C23H28N4O/c1-17-8-10-19(11-9-17)12-21(16-28-3)27-23-7-5-4-6-22(23)26-15-20-13-24-18(2)25-14-20/h4-11,13-14,21,26-27H,12,15-16H2,1-3H3. The molecule has 2 aromatic carbocycles. The fourth-order valence-corrected chi connectivity index (χ4v) is 3.05. The first-order valence-electron chi connectivity index (χ1n) is 9.55. The van der Waals surface area contributed by atoms with E-state index in [2.05, 4.69) is 63.9 Å². The minimum atomic E-state index is 0.179. The second-order valence-corrected chi connectivity index (χ2v) is 7.02. The van der Waals surface area contributed by atoms with Crippen LogP contribution in [0, 0.1) is 13.8 Å². The Morgan fingerprint density at radius 2 is 1.57 bits per heavy atom. The highest BCUT2D eigenvalue weighted by molar-refractivity contribution is 5.69. The number of para-hydroxylation sites is 2. The molecule has 0 saturated heterocycles. The number of nitrogens with zero attached hydrogens (tertiary/aromatic N) is 2. The lowest BCUT2D eigenvalue weighted by Gasteiger charge is -2.22. The second-order valence-electron chi connectivity index (χ2n) is 7.02. The number of hydrogen-bond acceptors (Lipinski definition) is 5. The molecule has 0 spiro atoms. The summed E-state index contributed by atoms with van der Waals surface area (Å²) in [6.07, 6.45) is 4.61. The summed E-state index contributed by atoms with van der Waals surface area (Å²) in [5, 5.41) is 7.12. The molecule has 0 fully saturated rings. The van der Waals surface area contributed by atoms with Crippen molar-refractivity contribution in [1.82, 2.24) is 9.97 Å². The third-order valence-corrected chi connectivity index (χ3v) is 4.57. The normalized spacial score (nSPS) is 11.8. The monoisotopic (exact) mass is 376 g/mol. The number of anilines is 2. The minimum Gasteiger partial charge on any atom is -0.383 e. The van der Waals surface area contributed by atoms with Crippen LogP contribution in [0.2, 0.25) is 0 Å². The Morgan fingerprint density at radius 1 is 0.893 bits per heavy atom. The van der Waals surface area contributed by atoms with Crippen LogP contribution in [0.1, 0.15) is 22.5 Å². The van der Waals surface area contributed by atoms with Crippen molar-refractivity contribution in [1.29, 1.82) is 0 Å². The lowest BCUT2D eigenvalue weighted by atomic mass is 10.0. The van der Waals surface area contributed by atoms with Gasteiger partial charge in [-0.3, -0.25) is 0 Å². The van der Waals surface area contributed by atoms with Crippen LogP contribution < -0.4 is 10.6 Å². The Balaban J connectivity index is 1.68. The highest BCUT2D eigenvalue weighted by atomic mass is 16.5. The van der Waals surface area contributed by atoms with Gasteiger partial charge in [0.05, 0.1) is 24.0 Å². The maximum absolute atomic E-state index is 5.45. The molecule has 0 aliphatic carbocycles. The summed E-state index contributed by atoms with van der Waals surface area (Å²) in [5.41, 5.74) is 5.73. The van der Waals surface area contributed by atoms with Crippen molar-refractivity contribution >= 4 is 11.4 Å². The van der Waals surface area contributed by atoms with Crippen LogP contribution in [0.15, 0.2) is 60.9 Å². The lowest BCUT2D eigenvalue weighted by Crippen LogP contribution is -2.28. The van der Waals surface area contributed by atoms with Crippen molar-refractivity contribution in [2.45, 2.75) is 32.9 Å². The van der Waals surface area contributed by atoms with E-state index in [-0.39, 0.29) is 6.04 Å². The lowest BCUT2D eigenvalue weighted by molar-refractivity contribution is 0.185. The van der Waals surface area contributed by atoms with Crippen molar-refractivity contribution in [3.63, 3.8) is 0 Å². The zero-order chi connectivity index (χ0) is 19.8. The maximum Gasteiger partial charge on any atom is 0.125 e. The molecule has 146 valence electrons. The molecule has 0 saturated carbocycles. The van der Waals surface area contributed by atoms with Crippen LogP contribution in [0.5, 0.6) is 0 Å². The average Bonchev–Trinajstić information content (AvgIpc) is 2.70. The van der Waals surface area contributed by atoms with Crippen molar-refractivity contribution in [3.05, 3.63) is 83.4 Å². The number of aromatic nitrogens is 2. The van der Waals surface area contributed by atoms with Gasteiger partial charge in [0, 0.05) is 31.6 Å². The van der Waals surface area contributed by atoms with Crippen LogP contribution in [0.25, 0.3) is 0 Å². The van der Waals surface area contributed by atoms with E-state index < -0.39 is 0 Å². The van der Waals surface area contributed by atoms with E-state index >= 15 is 0 Å². The first kappa shape index (κ1) is 19.8. The molecule has 0 aliphatic heterocycles. The van der Waals surface area contributed by atoms with Crippen LogP contribution in [-0.2, 0) is 17.7 Å². The van der Waals surface area contributed by atoms with E-state index in [0.717, 1.165) is 29.2 Å². The topological polar surface area (TPSA) is 59.1 Å². The maximum atomic E-state index is 5.45. The predicted octanol–water partition coefficient (Wildman–Crippen LogP) is 4.38. The van der Waals surface area contributed by atoms with Gasteiger partial charge in [0.1, 0.15) is 5.82 Å². The third kappa shape index (κ3) is 5.79. The molecule has 3 rings (SSSR count). The first-order chi connectivity index (χ1) is 13.6. The number of rotatable bonds is 9. The van der Waals surface area contributed by atoms with Gasteiger partial charge < -0.3 is 15.4 Å². The molecule has 0 aliphatic rings. The van der Waals surface area contributed by atoms with Crippen molar-refractivity contribution in [2.75, 3.05) is 24.4 Å². The molecule has 5 nitrogen and oxygen atoms in total. The molecule has 2 N–H and O–H groups in total. The summed E-state index contributed by atoms with van der Waals surface area (Å²) >= 11 is 0. The number of aryl methyl sites for hydroxylation is 2. The molecule has 0 radical (unpaired) electrons. The van der Waals surface area contributed by atoms with E-state index in [9.17, 15) is 0 Å². The van der Waals surface area contributed by atoms with Gasteiger partial charge in [-0.15, -0.1) is 0 Å². The minimum absolute atomic E-state index is 0.179. The summed E-state index contributed by atoms with van der Waals surface area (Å²) in [7, 11) is 1.74. The summed E-state index contributed by atoms with van der Waals surface area (Å²) in [5.74, 6) is 0.782. The van der Waals surface area contributed by atoms with Crippen LogP contribution in [0.4, 0.5) is 11.4 Å². The second kappa shape index (κ2) is 9.85. The molecule has 1 atom stereocenters. The number of nitrogens with one attached hydrogen (secondary N) is 2. The Morgan fingerprint density at radius 3 is 2.25 bits per heavy atom. The Bertz CT molecular complexity index is 863. The summed E-state index contributed by atoms with van der Waals surface area (Å²) in [6, 6.07) is 17.1. The van der Waals surface area contributed by atoms with E-state index in [4.69, 9.17) is 4.74 Å². The third-order valence-electron chi connectivity index (χ3n) is 4.57. The molecule has 0 bridgehead atoms. The van der Waals surface area contributed by atoms with Gasteiger partial charge >= 0.3 is 0 Å². The van der Waals surface area contributed by atoms with Gasteiger partial charge in [-0.2, -0.15) is 0 Å². The number of hydrogen-bond donors (Lipinski definition) is 2. The highest BCUT2D eigenvalue weighted by Crippen LogP contribution is 2.23. The largest absolute Gasteiger partial charge is 0.383 e. The van der Waals surface area contributed by atoms with Gasteiger partial charge in [-0.05, 0) is 38.0 Å². The molecule has 0 amide bonds. The number of ether oxygens (including phenoxy) is 1. The van der Waals surface area contributed by atoms with Gasteiger partial charge in [-0.1, -0.05) is 42.0 Å². The number of methoxy groups -OCH3 is 1. The van der Waals surface area contributed by atoms with E-state index in [1.165, 1.54) is 11.1 Å². The Kier molecular flexibility index (Phi) is 6.98. The first-order valence-corrected chi connectivity index (χ1v) is 9.55. The molecular formula is C23H28N4O. The molecule has 1 unspecified atom stereocenters. The smallest absolute Gasteiger partial charge is 0.125 e. The van der Waals surface area contributed by atoms with E-state index in [1.807, 2.05) is 31.5 Å². The summed E-state index contributed by atoms with van der Waals surface area (Å²) in [6.45, 7) is 5.30. The van der Waals surface area contributed by atoms with Crippen molar-refractivity contribution in [2.24, 2.45) is 0 Å². The van der Waals surface area contributed by atoms with Crippen LogP contribution in [0.3, 0.4) is 0 Å². The summed E-state index contributed by atoms with van der Waals surface area (Å²) < 4.78 is 5.45. The van der Waals surface area contributed by atoms with Crippen molar-refractivity contribution < 1.29 is 4.74 Å². The zero-order valence-corrected chi connectivity index (χ0v) is 16.8. The van der Waals surface area contributed by atoms with E-state index in [1.54, 1.807) is 7.11 Å². The predicted molar refractivity (Wildman–Crippen MR) is 115 cm³/mol. The fraction of sp³-hybridized carbons (Fsp3) is 0.304. The number of benzene rings is 2. The SMILES string of the molecule is COCC(Cc1ccc(C)cc1)Nc1ccccc1NCc1cnc(C)nc1. The fourth-order valence-electron chi connectivity index (χ4n) is 3.05. The van der Waals surface area contributed by atoms with Crippen molar-refractivity contribution in [3.8, 4) is 0 Å². The van der Waals surface area contributed by atoms with Gasteiger partial charge in [0.2, 0.25) is 0 Å². The summed E-state index contributed by atoms with van der Waals surface area (Å²) in [4.78, 5) is 8.51. The molecule has 1 heterocycles. The molecular weight excluding hydrogens is 348 g/mol. The Hall–Kier alpha value is -2.92. The Labute approximate surface area is 167 Å². The van der Waals surface area contributed by atoms with Gasteiger partial charge in [0.25, 0.3) is 0 Å². The van der Waals surface area contributed by atoms with Gasteiger partial charge in [0.15, 0.2) is 0 Å². The molecule has 3 aromatic rings. The van der Waals surface area contributed by atoms with Crippen LogP contribution >= 0.6 is 0 Å². The molecule has 5 heteroatoms.